The van der Waals surface area contributed by atoms with Crippen molar-refractivity contribution in [1.82, 2.24) is 15.4 Å². The zero-order valence-electron chi connectivity index (χ0n) is 17.4. The van der Waals surface area contributed by atoms with Crippen molar-refractivity contribution >= 4 is 51.6 Å². The van der Waals surface area contributed by atoms with Crippen molar-refractivity contribution < 1.29 is 9.32 Å². The Bertz CT molecular complexity index is 1170. The molecule has 0 unspecified atom stereocenters. The fourth-order valence-corrected chi connectivity index (χ4v) is 4.64. The number of nitrogens with one attached hydrogen (secondary N) is 1. The molecule has 3 heterocycles. The SMILES string of the molecule is O=C(CN1CCC(c2noc3ccccc23)CC1)NC1=NN(c2ccc(Cl)c(Cl)c2)CC1. The summed E-state index contributed by atoms with van der Waals surface area (Å²) in [4.78, 5) is 14.8. The molecule has 7 nitrogen and oxygen atoms in total. The summed E-state index contributed by atoms with van der Waals surface area (Å²) in [5, 5.41) is 15.7. The number of amides is 1. The van der Waals surface area contributed by atoms with Gasteiger partial charge in [-0.2, -0.15) is 5.10 Å². The fourth-order valence-electron chi connectivity index (χ4n) is 4.35. The van der Waals surface area contributed by atoms with E-state index in [1.165, 1.54) is 0 Å². The van der Waals surface area contributed by atoms with Crippen LogP contribution >= 0.6 is 23.2 Å². The van der Waals surface area contributed by atoms with Crippen LogP contribution in [0.25, 0.3) is 11.0 Å². The van der Waals surface area contributed by atoms with Crippen LogP contribution in [0.4, 0.5) is 5.69 Å². The van der Waals surface area contributed by atoms with E-state index in [0.717, 1.165) is 48.3 Å². The maximum atomic E-state index is 12.6. The lowest BCUT2D eigenvalue weighted by atomic mass is 9.91. The molecule has 2 aliphatic rings. The van der Waals surface area contributed by atoms with E-state index in [0.29, 0.717) is 41.3 Å². The number of hydrazone groups is 1. The Balaban J connectivity index is 1.13. The molecule has 1 aromatic heterocycles. The zero-order chi connectivity index (χ0) is 22.1. The van der Waals surface area contributed by atoms with Gasteiger partial charge >= 0.3 is 0 Å². The number of carbonyl (C=O) groups excluding carboxylic acids is 1. The van der Waals surface area contributed by atoms with Crippen molar-refractivity contribution in [3.05, 3.63) is 58.2 Å². The number of nitrogens with zero attached hydrogens (tertiary/aromatic N) is 4. The van der Waals surface area contributed by atoms with Gasteiger partial charge in [-0.1, -0.05) is 40.5 Å². The number of amidine groups is 1. The third-order valence-corrected chi connectivity index (χ3v) is 6.77. The molecule has 3 aromatic rings. The Morgan fingerprint density at radius 2 is 1.91 bits per heavy atom. The highest BCUT2D eigenvalue weighted by Gasteiger charge is 2.26. The molecule has 0 bridgehead atoms. The van der Waals surface area contributed by atoms with E-state index < -0.39 is 0 Å². The lowest BCUT2D eigenvalue weighted by molar-refractivity contribution is -0.121. The smallest absolute Gasteiger partial charge is 0.239 e. The first kappa shape index (κ1) is 21.2. The van der Waals surface area contributed by atoms with Gasteiger partial charge in [0.15, 0.2) is 5.58 Å². The number of para-hydroxylation sites is 1. The van der Waals surface area contributed by atoms with Crippen molar-refractivity contribution in [2.75, 3.05) is 31.2 Å². The van der Waals surface area contributed by atoms with E-state index in [2.05, 4.69) is 26.5 Å². The number of hydrogen-bond acceptors (Lipinski definition) is 6. The van der Waals surface area contributed by atoms with Gasteiger partial charge < -0.3 is 9.84 Å². The lowest BCUT2D eigenvalue weighted by Gasteiger charge is -2.30. The van der Waals surface area contributed by atoms with Gasteiger partial charge in [-0.3, -0.25) is 14.7 Å². The van der Waals surface area contributed by atoms with Crippen molar-refractivity contribution in [1.29, 1.82) is 0 Å². The second-order valence-corrected chi connectivity index (χ2v) is 9.00. The van der Waals surface area contributed by atoms with E-state index in [9.17, 15) is 4.79 Å². The largest absolute Gasteiger partial charge is 0.356 e. The molecular formula is C23H23Cl2N5O2. The van der Waals surface area contributed by atoms with Gasteiger partial charge in [0.25, 0.3) is 0 Å². The number of carbonyl (C=O) groups is 1. The van der Waals surface area contributed by atoms with Crippen LogP contribution in [-0.2, 0) is 4.79 Å². The van der Waals surface area contributed by atoms with Gasteiger partial charge in [0.2, 0.25) is 5.91 Å². The van der Waals surface area contributed by atoms with Crippen molar-refractivity contribution in [2.45, 2.75) is 25.2 Å². The molecule has 2 aromatic carbocycles. The summed E-state index contributed by atoms with van der Waals surface area (Å²) >= 11 is 12.1. The molecule has 166 valence electrons. The van der Waals surface area contributed by atoms with Gasteiger partial charge in [-0.05, 0) is 56.3 Å². The zero-order valence-corrected chi connectivity index (χ0v) is 18.9. The van der Waals surface area contributed by atoms with E-state index in [1.807, 2.05) is 29.3 Å². The molecule has 9 heteroatoms. The molecule has 1 amide bonds. The molecule has 1 saturated heterocycles. The minimum atomic E-state index is -0.0370. The predicted molar refractivity (Wildman–Crippen MR) is 126 cm³/mol. The summed E-state index contributed by atoms with van der Waals surface area (Å²) in [7, 11) is 0. The number of fused-ring (bicyclic) bond motifs is 1. The average Bonchev–Trinajstić information content (AvgIpc) is 3.43. The second-order valence-electron chi connectivity index (χ2n) is 8.18. The Labute approximate surface area is 195 Å². The van der Waals surface area contributed by atoms with E-state index in [4.69, 9.17) is 27.7 Å². The number of halogens is 2. The summed E-state index contributed by atoms with van der Waals surface area (Å²) < 4.78 is 5.46. The lowest BCUT2D eigenvalue weighted by Crippen LogP contribution is -2.42. The van der Waals surface area contributed by atoms with Crippen LogP contribution in [0.2, 0.25) is 10.0 Å². The monoisotopic (exact) mass is 471 g/mol. The minimum absolute atomic E-state index is 0.0370. The fraction of sp³-hybridized carbons (Fsp3) is 0.348. The van der Waals surface area contributed by atoms with Gasteiger partial charge in [0, 0.05) is 24.3 Å². The third kappa shape index (κ3) is 4.46. The Morgan fingerprint density at radius 3 is 2.72 bits per heavy atom. The number of hydrogen-bond donors (Lipinski definition) is 1. The predicted octanol–water partition coefficient (Wildman–Crippen LogP) is 4.65. The van der Waals surface area contributed by atoms with E-state index >= 15 is 0 Å². The highest BCUT2D eigenvalue weighted by atomic mass is 35.5. The summed E-state index contributed by atoms with van der Waals surface area (Å²) in [6, 6.07) is 13.4. The van der Waals surface area contributed by atoms with Crippen molar-refractivity contribution in [3.8, 4) is 0 Å². The normalized spacial score (nSPS) is 17.7. The molecule has 0 aliphatic carbocycles. The summed E-state index contributed by atoms with van der Waals surface area (Å²) in [6.45, 7) is 2.74. The maximum absolute atomic E-state index is 12.6. The van der Waals surface area contributed by atoms with Crippen molar-refractivity contribution in [3.63, 3.8) is 0 Å². The first-order chi connectivity index (χ1) is 15.6. The van der Waals surface area contributed by atoms with Crippen LogP contribution in [0.1, 0.15) is 30.9 Å². The third-order valence-electron chi connectivity index (χ3n) is 6.03. The van der Waals surface area contributed by atoms with Crippen LogP contribution in [0.3, 0.4) is 0 Å². The number of likely N-dealkylation sites (tertiary alicyclic amines) is 1. The Morgan fingerprint density at radius 1 is 1.09 bits per heavy atom. The van der Waals surface area contributed by atoms with Crippen LogP contribution in [0, 0.1) is 0 Å². The first-order valence-electron chi connectivity index (χ1n) is 10.7. The van der Waals surface area contributed by atoms with E-state index in [1.54, 1.807) is 12.1 Å². The van der Waals surface area contributed by atoms with Gasteiger partial charge in [-0.25, -0.2) is 0 Å². The Kier molecular flexibility index (Phi) is 6.04. The summed E-state index contributed by atoms with van der Waals surface area (Å²) in [5.74, 6) is 0.993. The number of rotatable bonds is 4. The molecule has 1 fully saturated rings. The molecule has 0 atom stereocenters. The molecule has 0 spiro atoms. The topological polar surface area (TPSA) is 74.0 Å². The number of piperidine rings is 1. The molecule has 32 heavy (non-hydrogen) atoms. The van der Waals surface area contributed by atoms with Crippen LogP contribution in [0.5, 0.6) is 0 Å². The quantitative estimate of drug-likeness (QED) is 0.598. The minimum Gasteiger partial charge on any atom is -0.356 e. The van der Waals surface area contributed by atoms with Gasteiger partial charge in [-0.15, -0.1) is 0 Å². The van der Waals surface area contributed by atoms with Crippen LogP contribution < -0.4 is 10.3 Å². The maximum Gasteiger partial charge on any atom is 0.239 e. The highest BCUT2D eigenvalue weighted by molar-refractivity contribution is 6.42. The molecule has 0 saturated carbocycles. The van der Waals surface area contributed by atoms with Gasteiger partial charge in [0.05, 0.1) is 28.0 Å². The summed E-state index contributed by atoms with van der Waals surface area (Å²) in [6.07, 6.45) is 2.58. The number of anilines is 1. The second kappa shape index (κ2) is 9.10. The van der Waals surface area contributed by atoms with Gasteiger partial charge in [0.1, 0.15) is 5.84 Å². The standard InChI is InChI=1S/C23H23Cl2N5O2/c24-18-6-5-16(13-19(18)25)30-12-9-21(27-30)26-22(31)14-29-10-7-15(8-11-29)23-17-3-1-2-4-20(17)32-28-23/h1-6,13,15H,7-12,14H2,(H,26,27,31). The van der Waals surface area contributed by atoms with Crippen LogP contribution in [-0.4, -0.2) is 48.0 Å². The van der Waals surface area contributed by atoms with Crippen LogP contribution in [0.15, 0.2) is 52.1 Å². The average molecular weight is 472 g/mol. The molecular weight excluding hydrogens is 449 g/mol. The molecule has 1 N–H and O–H groups in total. The Hall–Kier alpha value is -2.61. The summed E-state index contributed by atoms with van der Waals surface area (Å²) in [5.41, 5.74) is 2.72. The number of benzene rings is 2. The molecule has 5 rings (SSSR count). The number of aromatic nitrogens is 1. The molecule has 0 radical (unpaired) electrons. The van der Waals surface area contributed by atoms with Crippen molar-refractivity contribution in [2.24, 2.45) is 5.10 Å². The highest BCUT2D eigenvalue weighted by Crippen LogP contribution is 2.32. The first-order valence-corrected chi connectivity index (χ1v) is 11.5. The molecule has 2 aliphatic heterocycles. The van der Waals surface area contributed by atoms with E-state index in [-0.39, 0.29) is 5.91 Å².